The zero-order valence-corrected chi connectivity index (χ0v) is 18.8. The molecule has 0 aliphatic carbocycles. The zero-order chi connectivity index (χ0) is 24.4. The van der Waals surface area contributed by atoms with Crippen molar-refractivity contribution in [3.8, 4) is 11.3 Å². The molecule has 0 unspecified atom stereocenters. The van der Waals surface area contributed by atoms with Crippen LogP contribution in [0.25, 0.3) is 22.3 Å². The van der Waals surface area contributed by atoms with Crippen LogP contribution in [0.1, 0.15) is 24.5 Å². The van der Waals surface area contributed by atoms with E-state index in [9.17, 15) is 21.6 Å². The Balaban J connectivity index is 0.000000383. The summed E-state index contributed by atoms with van der Waals surface area (Å²) in [4.78, 5) is 18.4. The Morgan fingerprint density at radius 2 is 1.73 bits per heavy atom. The molecule has 8 nitrogen and oxygen atoms in total. The third-order valence-electron chi connectivity index (χ3n) is 5.36. The molecule has 0 amide bonds. The number of nitrogens with zero attached hydrogens (tertiary/aromatic N) is 4. The number of benzene rings is 1. The smallest absolute Gasteiger partial charge is 0.475 e. The predicted octanol–water partition coefficient (Wildman–Crippen LogP) is 3.41. The number of rotatable bonds is 3. The number of sulfonamides is 1. The first-order valence-electron chi connectivity index (χ1n) is 10.0. The number of carboxylic acids is 1. The topological polar surface area (TPSA) is 105 Å². The highest BCUT2D eigenvalue weighted by atomic mass is 32.2. The molecule has 1 fully saturated rings. The van der Waals surface area contributed by atoms with Crippen LogP contribution in [0.3, 0.4) is 0 Å². The second kappa shape index (κ2) is 9.48. The number of aliphatic carboxylic acids is 1. The van der Waals surface area contributed by atoms with Crippen LogP contribution in [0, 0.1) is 0 Å². The standard InChI is InChI=1S/C19H22N4O2S.C2HF3O2/c1-22-13-20-19-17(22)12-16(21-18(19)15-6-4-3-5-7-15)14-8-10-23(11-9-14)26(2,24)25;3-2(4,5)1(6)7/h3-7,12-14H,8-11H2,1-2H3;(H,6,7). The van der Waals surface area contributed by atoms with Crippen molar-refractivity contribution in [1.29, 1.82) is 0 Å². The fraction of sp³-hybridized carbons (Fsp3) is 0.381. The largest absolute Gasteiger partial charge is 0.490 e. The van der Waals surface area contributed by atoms with E-state index in [1.807, 2.05) is 48.3 Å². The molecule has 4 rings (SSSR count). The van der Waals surface area contributed by atoms with Gasteiger partial charge in [-0.05, 0) is 18.9 Å². The lowest BCUT2D eigenvalue weighted by Gasteiger charge is -2.30. The van der Waals surface area contributed by atoms with Crippen LogP contribution in [-0.2, 0) is 21.9 Å². The Morgan fingerprint density at radius 1 is 1.15 bits per heavy atom. The van der Waals surface area contributed by atoms with Gasteiger partial charge in [-0.25, -0.2) is 22.5 Å². The highest BCUT2D eigenvalue weighted by Gasteiger charge is 2.38. The first kappa shape index (κ1) is 24.6. The van der Waals surface area contributed by atoms with Gasteiger partial charge >= 0.3 is 12.1 Å². The first-order chi connectivity index (χ1) is 15.4. The number of hydrogen-bond donors (Lipinski definition) is 1. The van der Waals surface area contributed by atoms with Crippen LogP contribution >= 0.6 is 0 Å². The van der Waals surface area contributed by atoms with E-state index < -0.39 is 22.2 Å². The average Bonchev–Trinajstić information content (AvgIpc) is 3.14. The van der Waals surface area contributed by atoms with Crippen LogP contribution in [0.15, 0.2) is 42.7 Å². The molecule has 0 radical (unpaired) electrons. The lowest BCUT2D eigenvalue weighted by atomic mass is 9.93. The van der Waals surface area contributed by atoms with Gasteiger partial charge in [-0.15, -0.1) is 0 Å². The molecule has 178 valence electrons. The van der Waals surface area contributed by atoms with Gasteiger partial charge in [0.15, 0.2) is 0 Å². The van der Waals surface area contributed by atoms with E-state index in [1.165, 1.54) is 6.26 Å². The van der Waals surface area contributed by atoms with Crippen LogP contribution in [0.4, 0.5) is 13.2 Å². The van der Waals surface area contributed by atoms with Gasteiger partial charge in [0.2, 0.25) is 10.0 Å². The van der Waals surface area contributed by atoms with E-state index >= 15 is 0 Å². The van der Waals surface area contributed by atoms with Crippen molar-refractivity contribution < 1.29 is 31.5 Å². The Kier molecular flexibility index (Phi) is 7.08. The number of carbonyl (C=O) groups is 1. The molecule has 0 spiro atoms. The molecule has 1 aromatic carbocycles. The van der Waals surface area contributed by atoms with Gasteiger partial charge in [-0.3, -0.25) is 4.98 Å². The quantitative estimate of drug-likeness (QED) is 0.611. The Morgan fingerprint density at radius 3 is 2.24 bits per heavy atom. The molecular weight excluding hydrogens is 461 g/mol. The molecule has 12 heteroatoms. The summed E-state index contributed by atoms with van der Waals surface area (Å²) in [6.07, 6.45) is -0.412. The summed E-state index contributed by atoms with van der Waals surface area (Å²) < 4.78 is 58.8. The van der Waals surface area contributed by atoms with Gasteiger partial charge < -0.3 is 9.67 Å². The van der Waals surface area contributed by atoms with Gasteiger partial charge in [0.05, 0.1) is 23.8 Å². The molecule has 0 atom stereocenters. The summed E-state index contributed by atoms with van der Waals surface area (Å²) in [6, 6.07) is 12.2. The van der Waals surface area contributed by atoms with Crippen LogP contribution in [0.5, 0.6) is 0 Å². The Hall–Kier alpha value is -2.99. The normalized spacial score (nSPS) is 15.8. The summed E-state index contributed by atoms with van der Waals surface area (Å²) in [6.45, 7) is 1.10. The average molecular weight is 485 g/mol. The van der Waals surface area contributed by atoms with Gasteiger partial charge in [0.25, 0.3) is 0 Å². The van der Waals surface area contributed by atoms with Crippen molar-refractivity contribution in [3.63, 3.8) is 0 Å². The maximum Gasteiger partial charge on any atom is 0.490 e. The molecule has 1 N–H and O–H groups in total. The molecule has 0 bridgehead atoms. The zero-order valence-electron chi connectivity index (χ0n) is 18.0. The van der Waals surface area contributed by atoms with Crippen molar-refractivity contribution in [1.82, 2.24) is 18.8 Å². The monoisotopic (exact) mass is 484 g/mol. The minimum atomic E-state index is -5.08. The van der Waals surface area contributed by atoms with Gasteiger partial charge in [-0.2, -0.15) is 13.2 Å². The van der Waals surface area contributed by atoms with Crippen molar-refractivity contribution in [2.45, 2.75) is 24.9 Å². The van der Waals surface area contributed by atoms with Crippen LogP contribution in [-0.4, -0.2) is 63.9 Å². The van der Waals surface area contributed by atoms with Crippen molar-refractivity contribution in [2.24, 2.45) is 7.05 Å². The number of hydrogen-bond acceptors (Lipinski definition) is 5. The van der Waals surface area contributed by atoms with Crippen molar-refractivity contribution >= 4 is 27.0 Å². The molecule has 1 aliphatic rings. The number of pyridine rings is 1. The second-order valence-electron chi connectivity index (χ2n) is 7.72. The van der Waals surface area contributed by atoms with E-state index in [0.29, 0.717) is 13.1 Å². The number of fused-ring (bicyclic) bond motifs is 1. The molecule has 3 heterocycles. The first-order valence-corrected chi connectivity index (χ1v) is 11.9. The number of halogens is 3. The summed E-state index contributed by atoms with van der Waals surface area (Å²) in [7, 11) is -1.13. The van der Waals surface area contributed by atoms with E-state index in [1.54, 1.807) is 4.31 Å². The molecule has 33 heavy (non-hydrogen) atoms. The van der Waals surface area contributed by atoms with Crippen LogP contribution < -0.4 is 0 Å². The van der Waals surface area contributed by atoms with Crippen LogP contribution in [0.2, 0.25) is 0 Å². The number of carboxylic acid groups (broad SMARTS) is 1. The Bertz CT molecular complexity index is 1240. The van der Waals surface area contributed by atoms with Gasteiger partial charge in [0.1, 0.15) is 5.52 Å². The highest BCUT2D eigenvalue weighted by molar-refractivity contribution is 7.88. The van der Waals surface area contributed by atoms with Crippen molar-refractivity contribution in [3.05, 3.63) is 48.4 Å². The second-order valence-corrected chi connectivity index (χ2v) is 9.71. The number of aryl methyl sites for hydroxylation is 1. The fourth-order valence-electron chi connectivity index (χ4n) is 3.64. The van der Waals surface area contributed by atoms with E-state index in [-0.39, 0.29) is 5.92 Å². The maximum atomic E-state index is 11.8. The molecule has 2 aromatic heterocycles. The third kappa shape index (κ3) is 5.88. The summed E-state index contributed by atoms with van der Waals surface area (Å²) in [5.74, 6) is -2.50. The highest BCUT2D eigenvalue weighted by Crippen LogP contribution is 2.33. The molecular formula is C21H23F3N4O4S. The van der Waals surface area contributed by atoms with E-state index in [0.717, 1.165) is 40.8 Å². The van der Waals surface area contributed by atoms with Gasteiger partial charge in [-0.1, -0.05) is 30.3 Å². The lowest BCUT2D eigenvalue weighted by Crippen LogP contribution is -2.37. The minimum Gasteiger partial charge on any atom is -0.475 e. The third-order valence-corrected chi connectivity index (χ3v) is 6.67. The predicted molar refractivity (Wildman–Crippen MR) is 116 cm³/mol. The molecule has 3 aromatic rings. The fourth-order valence-corrected chi connectivity index (χ4v) is 4.51. The summed E-state index contributed by atoms with van der Waals surface area (Å²) in [5, 5.41) is 7.12. The van der Waals surface area contributed by atoms with Gasteiger partial charge in [0, 0.05) is 37.3 Å². The number of aromatic nitrogens is 3. The van der Waals surface area contributed by atoms with Crippen molar-refractivity contribution in [2.75, 3.05) is 19.3 Å². The summed E-state index contributed by atoms with van der Waals surface area (Å²) >= 11 is 0. The number of piperidine rings is 1. The summed E-state index contributed by atoms with van der Waals surface area (Å²) in [5.41, 5.74) is 4.92. The SMILES string of the molecule is Cn1cnc2c(-c3ccccc3)nc(C3CCN(S(C)(=O)=O)CC3)cc21.O=C(O)C(F)(F)F. The maximum absolute atomic E-state index is 11.8. The number of imidazole rings is 1. The Labute approximate surface area is 188 Å². The minimum absolute atomic E-state index is 0.259. The molecule has 1 saturated heterocycles. The lowest BCUT2D eigenvalue weighted by molar-refractivity contribution is -0.192. The molecule has 0 saturated carbocycles. The van der Waals surface area contributed by atoms with E-state index in [2.05, 4.69) is 11.1 Å². The van der Waals surface area contributed by atoms with E-state index in [4.69, 9.17) is 14.9 Å². The number of alkyl halides is 3. The molecule has 1 aliphatic heterocycles.